The number of fused-ring (bicyclic) bond motifs is 1. The fourth-order valence-corrected chi connectivity index (χ4v) is 2.34. The molecule has 13 heavy (non-hydrogen) atoms. The van der Waals surface area contributed by atoms with Gasteiger partial charge in [0, 0.05) is 4.90 Å². The van der Waals surface area contributed by atoms with E-state index >= 15 is 0 Å². The first kappa shape index (κ1) is 8.92. The molecule has 0 aliphatic carbocycles. The van der Waals surface area contributed by atoms with Crippen molar-refractivity contribution in [3.8, 4) is 0 Å². The molecule has 0 radical (unpaired) electrons. The molecule has 0 atom stereocenters. The summed E-state index contributed by atoms with van der Waals surface area (Å²) in [7, 11) is 7.03. The van der Waals surface area contributed by atoms with E-state index in [1.807, 2.05) is 0 Å². The summed E-state index contributed by atoms with van der Waals surface area (Å²) in [5.74, 6) is 0. The third kappa shape index (κ3) is 1.54. The van der Waals surface area contributed by atoms with Crippen molar-refractivity contribution >= 4 is 32.4 Å². The molecule has 0 bridgehead atoms. The highest BCUT2D eigenvalue weighted by atomic mass is 35.7. The summed E-state index contributed by atoms with van der Waals surface area (Å²) in [4.78, 5) is 1.14. The Hall–Kier alpha value is -0.660. The molecule has 0 heterocycles. The second-order valence-corrected chi connectivity index (χ2v) is 4.04. The van der Waals surface area contributed by atoms with E-state index in [1.54, 1.807) is 0 Å². The van der Waals surface area contributed by atoms with E-state index in [1.165, 1.54) is 27.3 Å². The van der Waals surface area contributed by atoms with Crippen LogP contribution in [0.1, 0.15) is 5.56 Å². The molecule has 0 saturated carbocycles. The third-order valence-corrected chi connectivity index (χ3v) is 3.34. The van der Waals surface area contributed by atoms with E-state index in [9.17, 15) is 0 Å². The Morgan fingerprint density at radius 1 is 1.08 bits per heavy atom. The Kier molecular flexibility index (Phi) is 2.47. The van der Waals surface area contributed by atoms with Gasteiger partial charge in [-0.25, -0.2) is 0 Å². The summed E-state index contributed by atoms with van der Waals surface area (Å²) >= 11 is 0. The summed E-state index contributed by atoms with van der Waals surface area (Å²) < 4.78 is 0. The normalized spacial score (nSPS) is 10.6. The van der Waals surface area contributed by atoms with E-state index in [0.29, 0.717) is 0 Å². The SMILES string of the molecule is Cc1c(SCl)ccc2ccccc12. The molecule has 2 rings (SSSR count). The molecule has 0 aromatic heterocycles. The molecular weight excluding hydrogens is 200 g/mol. The van der Waals surface area contributed by atoms with Gasteiger partial charge < -0.3 is 0 Å². The number of halogens is 1. The number of benzene rings is 2. The van der Waals surface area contributed by atoms with E-state index in [2.05, 4.69) is 43.3 Å². The maximum atomic E-state index is 5.75. The van der Waals surface area contributed by atoms with Crippen molar-refractivity contribution in [3.05, 3.63) is 42.0 Å². The largest absolute Gasteiger partial charge is 0.0616 e. The van der Waals surface area contributed by atoms with Gasteiger partial charge in [0.1, 0.15) is 0 Å². The van der Waals surface area contributed by atoms with Crippen LogP contribution >= 0.6 is 21.7 Å². The van der Waals surface area contributed by atoms with Crippen molar-refractivity contribution in [2.75, 3.05) is 0 Å². The Morgan fingerprint density at radius 2 is 1.85 bits per heavy atom. The Bertz CT molecular complexity index is 437. The van der Waals surface area contributed by atoms with Crippen LogP contribution in [0.25, 0.3) is 10.8 Å². The standard InChI is InChI=1S/C11H9ClS/c1-8-10-5-3-2-4-9(10)6-7-11(8)13-12/h2-7H,1H3. The molecule has 0 saturated heterocycles. The molecule has 2 aromatic rings. The van der Waals surface area contributed by atoms with Crippen molar-refractivity contribution in [1.82, 2.24) is 0 Å². The first-order chi connectivity index (χ1) is 6.33. The number of hydrogen-bond acceptors (Lipinski definition) is 1. The van der Waals surface area contributed by atoms with Gasteiger partial charge >= 0.3 is 0 Å². The van der Waals surface area contributed by atoms with Gasteiger partial charge in [-0.05, 0) is 51.0 Å². The highest BCUT2D eigenvalue weighted by Crippen LogP contribution is 2.30. The fourth-order valence-electron chi connectivity index (χ4n) is 1.49. The van der Waals surface area contributed by atoms with Crippen LogP contribution in [0.3, 0.4) is 0 Å². The Morgan fingerprint density at radius 3 is 2.62 bits per heavy atom. The average molecular weight is 209 g/mol. The van der Waals surface area contributed by atoms with Crippen molar-refractivity contribution in [2.45, 2.75) is 11.8 Å². The lowest BCUT2D eigenvalue weighted by atomic mass is 10.1. The predicted molar refractivity (Wildman–Crippen MR) is 60.4 cm³/mol. The van der Waals surface area contributed by atoms with Gasteiger partial charge in [-0.2, -0.15) is 0 Å². The fraction of sp³-hybridized carbons (Fsp3) is 0.0909. The first-order valence-electron chi connectivity index (χ1n) is 4.10. The Balaban J connectivity index is 2.79. The first-order valence-corrected chi connectivity index (χ1v) is 5.74. The van der Waals surface area contributed by atoms with Gasteiger partial charge in [-0.15, -0.1) is 0 Å². The zero-order valence-electron chi connectivity index (χ0n) is 7.25. The van der Waals surface area contributed by atoms with Gasteiger partial charge in [0.05, 0.1) is 0 Å². The second-order valence-electron chi connectivity index (χ2n) is 2.99. The van der Waals surface area contributed by atoms with Crippen molar-refractivity contribution < 1.29 is 0 Å². The average Bonchev–Trinajstić information content (AvgIpc) is 2.19. The summed E-state index contributed by atoms with van der Waals surface area (Å²) in [5, 5.41) is 2.56. The number of hydrogen-bond donors (Lipinski definition) is 0. The van der Waals surface area contributed by atoms with Crippen LogP contribution in [0.5, 0.6) is 0 Å². The van der Waals surface area contributed by atoms with Crippen LogP contribution in [-0.4, -0.2) is 0 Å². The third-order valence-electron chi connectivity index (χ3n) is 2.23. The lowest BCUT2D eigenvalue weighted by molar-refractivity contribution is 1.35. The second kappa shape index (κ2) is 3.60. The van der Waals surface area contributed by atoms with Crippen LogP contribution in [0.15, 0.2) is 41.3 Å². The van der Waals surface area contributed by atoms with Crippen LogP contribution in [0.2, 0.25) is 0 Å². The van der Waals surface area contributed by atoms with E-state index in [4.69, 9.17) is 10.7 Å². The summed E-state index contributed by atoms with van der Waals surface area (Å²) in [6.07, 6.45) is 0. The van der Waals surface area contributed by atoms with E-state index < -0.39 is 0 Å². The summed E-state index contributed by atoms with van der Waals surface area (Å²) in [5.41, 5.74) is 1.26. The summed E-state index contributed by atoms with van der Waals surface area (Å²) in [6, 6.07) is 12.5. The molecule has 0 spiro atoms. The van der Waals surface area contributed by atoms with Crippen molar-refractivity contribution in [2.24, 2.45) is 0 Å². The maximum Gasteiger partial charge on any atom is 0.0269 e. The molecule has 0 unspecified atom stereocenters. The van der Waals surface area contributed by atoms with E-state index in [-0.39, 0.29) is 0 Å². The smallest absolute Gasteiger partial charge is 0.0269 e. The number of rotatable bonds is 1. The lowest BCUT2D eigenvalue weighted by Crippen LogP contribution is -1.80. The maximum absolute atomic E-state index is 5.75. The minimum Gasteiger partial charge on any atom is -0.0616 e. The van der Waals surface area contributed by atoms with Crippen molar-refractivity contribution in [1.29, 1.82) is 0 Å². The van der Waals surface area contributed by atoms with Gasteiger partial charge in [0.25, 0.3) is 0 Å². The summed E-state index contributed by atoms with van der Waals surface area (Å²) in [6.45, 7) is 2.10. The zero-order chi connectivity index (χ0) is 9.26. The molecule has 0 amide bonds. The van der Waals surface area contributed by atoms with Crippen LogP contribution in [-0.2, 0) is 0 Å². The van der Waals surface area contributed by atoms with Gasteiger partial charge in [0.15, 0.2) is 0 Å². The quantitative estimate of drug-likeness (QED) is 0.670. The van der Waals surface area contributed by atoms with Crippen molar-refractivity contribution in [3.63, 3.8) is 0 Å². The molecule has 0 aliphatic heterocycles. The number of aryl methyl sites for hydroxylation is 1. The van der Waals surface area contributed by atoms with Gasteiger partial charge in [0.2, 0.25) is 0 Å². The van der Waals surface area contributed by atoms with Crippen LogP contribution in [0.4, 0.5) is 0 Å². The van der Waals surface area contributed by atoms with Crippen LogP contribution < -0.4 is 0 Å². The molecule has 0 N–H and O–H groups in total. The monoisotopic (exact) mass is 208 g/mol. The zero-order valence-corrected chi connectivity index (χ0v) is 8.82. The molecule has 0 nitrogen and oxygen atoms in total. The van der Waals surface area contributed by atoms with Gasteiger partial charge in [-0.3, -0.25) is 0 Å². The van der Waals surface area contributed by atoms with E-state index in [0.717, 1.165) is 4.90 Å². The molecule has 2 aromatic carbocycles. The molecule has 0 aliphatic rings. The molecular formula is C11H9ClS. The predicted octanol–water partition coefficient (Wildman–Crippen LogP) is 4.39. The minimum absolute atomic E-state index is 1.14. The van der Waals surface area contributed by atoms with Crippen LogP contribution in [0, 0.1) is 6.92 Å². The molecule has 66 valence electrons. The highest BCUT2D eigenvalue weighted by molar-refractivity contribution is 8.21. The molecule has 2 heteroatoms. The minimum atomic E-state index is 1.14. The lowest BCUT2D eigenvalue weighted by Gasteiger charge is -2.05. The molecule has 0 fully saturated rings. The topological polar surface area (TPSA) is 0 Å². The van der Waals surface area contributed by atoms with Gasteiger partial charge in [-0.1, -0.05) is 30.3 Å². The highest BCUT2D eigenvalue weighted by Gasteiger charge is 2.01. The Labute approximate surface area is 86.4 Å².